The number of hydrogen-bond acceptors (Lipinski definition) is 7. The van der Waals surface area contributed by atoms with E-state index in [-0.39, 0.29) is 17.8 Å². The van der Waals surface area contributed by atoms with E-state index in [1.807, 2.05) is 18.2 Å². The minimum Gasteiger partial charge on any atom is -0.473 e. The number of amides is 1. The highest BCUT2D eigenvalue weighted by molar-refractivity contribution is 6.34. The van der Waals surface area contributed by atoms with Crippen molar-refractivity contribution in [2.45, 2.75) is 12.5 Å². The predicted octanol–water partition coefficient (Wildman–Crippen LogP) is 2.97. The lowest BCUT2D eigenvalue weighted by atomic mass is 10.1. The van der Waals surface area contributed by atoms with Crippen molar-refractivity contribution < 1.29 is 13.9 Å². The summed E-state index contributed by atoms with van der Waals surface area (Å²) in [4.78, 5) is 20.4. The van der Waals surface area contributed by atoms with E-state index in [2.05, 4.69) is 20.6 Å². The molecule has 1 amide bonds. The Labute approximate surface area is 166 Å². The molecule has 0 spiro atoms. The molecule has 4 rings (SSSR count). The van der Waals surface area contributed by atoms with Crippen LogP contribution in [0.15, 0.2) is 47.2 Å². The Kier molecular flexibility index (Phi) is 5.14. The van der Waals surface area contributed by atoms with Crippen molar-refractivity contribution in [1.29, 1.82) is 0 Å². The van der Waals surface area contributed by atoms with E-state index in [4.69, 9.17) is 26.5 Å². The van der Waals surface area contributed by atoms with Gasteiger partial charge in [-0.2, -0.15) is 4.98 Å². The first-order valence-electron chi connectivity index (χ1n) is 8.74. The molecular weight excluding hydrogens is 382 g/mol. The Bertz CT molecular complexity index is 983. The van der Waals surface area contributed by atoms with Crippen LogP contribution in [0.1, 0.15) is 16.9 Å². The molecule has 0 aliphatic carbocycles. The molecule has 1 atom stereocenters. The van der Waals surface area contributed by atoms with Gasteiger partial charge in [0.1, 0.15) is 12.4 Å². The van der Waals surface area contributed by atoms with Gasteiger partial charge in [0.05, 0.1) is 10.7 Å². The van der Waals surface area contributed by atoms with Crippen molar-refractivity contribution in [2.75, 3.05) is 24.1 Å². The van der Waals surface area contributed by atoms with Crippen LogP contribution >= 0.6 is 11.6 Å². The Morgan fingerprint density at radius 1 is 1.32 bits per heavy atom. The fourth-order valence-electron chi connectivity index (χ4n) is 2.90. The highest BCUT2D eigenvalue weighted by atomic mass is 35.5. The predicted molar refractivity (Wildman–Crippen MR) is 105 cm³/mol. The van der Waals surface area contributed by atoms with Crippen LogP contribution in [0.5, 0.6) is 5.88 Å². The highest BCUT2D eigenvalue weighted by Gasteiger charge is 2.17. The number of hydrogen-bond donors (Lipinski definition) is 3. The molecule has 1 fully saturated rings. The fourth-order valence-corrected chi connectivity index (χ4v) is 3.06. The largest absolute Gasteiger partial charge is 0.473 e. The van der Waals surface area contributed by atoms with Gasteiger partial charge in [0.15, 0.2) is 5.69 Å². The summed E-state index contributed by atoms with van der Waals surface area (Å²) in [7, 11) is 0. The fraction of sp³-hybridized carbons (Fsp3) is 0.211. The maximum absolute atomic E-state index is 12.3. The molecule has 0 bridgehead atoms. The molecule has 2 aromatic heterocycles. The molecule has 1 saturated heterocycles. The van der Waals surface area contributed by atoms with Gasteiger partial charge >= 0.3 is 0 Å². The van der Waals surface area contributed by atoms with Gasteiger partial charge in [-0.05, 0) is 36.7 Å². The Balaban J connectivity index is 1.50. The number of nitrogen functional groups attached to an aromatic ring is 1. The zero-order valence-corrected chi connectivity index (χ0v) is 15.6. The van der Waals surface area contributed by atoms with Crippen molar-refractivity contribution in [2.24, 2.45) is 0 Å². The molecule has 8 nitrogen and oxygen atoms in total. The lowest BCUT2D eigenvalue weighted by Crippen LogP contribution is -2.19. The topological polar surface area (TPSA) is 115 Å². The standard InChI is InChI=1S/C19H18ClN5O3/c20-14-3-1-11(7-15(14)24-18(26)16-10-27-19(21)25-16)12-2-4-17(23-8-12)28-13-5-6-22-9-13/h1-4,7-8,10,13,22H,5-6,9H2,(H2,21,25)(H,24,26). The quantitative estimate of drug-likeness (QED) is 0.604. The monoisotopic (exact) mass is 399 g/mol. The molecule has 1 aliphatic heterocycles. The summed E-state index contributed by atoms with van der Waals surface area (Å²) >= 11 is 6.22. The Morgan fingerprint density at radius 2 is 2.18 bits per heavy atom. The van der Waals surface area contributed by atoms with Crippen LogP contribution in [-0.4, -0.2) is 35.1 Å². The molecule has 28 heavy (non-hydrogen) atoms. The van der Waals surface area contributed by atoms with E-state index in [0.717, 1.165) is 30.6 Å². The SMILES string of the molecule is Nc1nc(C(=O)Nc2cc(-c3ccc(OC4CCNC4)nc3)ccc2Cl)co1. The van der Waals surface area contributed by atoms with Gasteiger partial charge in [-0.15, -0.1) is 0 Å². The zero-order valence-electron chi connectivity index (χ0n) is 14.8. The van der Waals surface area contributed by atoms with Gasteiger partial charge < -0.3 is 25.5 Å². The smallest absolute Gasteiger partial charge is 0.292 e. The number of nitrogens with two attached hydrogens (primary N) is 1. The molecule has 1 aromatic carbocycles. The third-order valence-corrected chi connectivity index (χ3v) is 4.67. The first-order valence-corrected chi connectivity index (χ1v) is 9.12. The molecule has 1 unspecified atom stereocenters. The van der Waals surface area contributed by atoms with Crippen LogP contribution in [0.3, 0.4) is 0 Å². The maximum Gasteiger partial charge on any atom is 0.292 e. The van der Waals surface area contributed by atoms with Crippen LogP contribution in [0.2, 0.25) is 5.02 Å². The van der Waals surface area contributed by atoms with Crippen LogP contribution in [0.25, 0.3) is 11.1 Å². The molecule has 9 heteroatoms. The third-order valence-electron chi connectivity index (χ3n) is 4.34. The zero-order chi connectivity index (χ0) is 19.5. The van der Waals surface area contributed by atoms with Crippen molar-refractivity contribution >= 4 is 29.2 Å². The highest BCUT2D eigenvalue weighted by Crippen LogP contribution is 2.29. The number of ether oxygens (including phenoxy) is 1. The van der Waals surface area contributed by atoms with Crippen LogP contribution in [-0.2, 0) is 0 Å². The summed E-state index contributed by atoms with van der Waals surface area (Å²) in [5, 5.41) is 6.36. The number of oxazole rings is 1. The van der Waals surface area contributed by atoms with Crippen molar-refractivity contribution in [3.8, 4) is 17.0 Å². The molecule has 4 N–H and O–H groups in total. The summed E-state index contributed by atoms with van der Waals surface area (Å²) in [6, 6.07) is 8.99. The van der Waals surface area contributed by atoms with E-state index in [1.54, 1.807) is 18.3 Å². The van der Waals surface area contributed by atoms with Gasteiger partial charge in [-0.25, -0.2) is 4.98 Å². The van der Waals surface area contributed by atoms with Crippen molar-refractivity contribution in [1.82, 2.24) is 15.3 Å². The second kappa shape index (κ2) is 7.87. The lowest BCUT2D eigenvalue weighted by Gasteiger charge is -2.12. The van der Waals surface area contributed by atoms with E-state index in [9.17, 15) is 4.79 Å². The second-order valence-electron chi connectivity index (χ2n) is 6.34. The number of benzene rings is 1. The van der Waals surface area contributed by atoms with Gasteiger partial charge in [-0.1, -0.05) is 17.7 Å². The van der Waals surface area contributed by atoms with Crippen LogP contribution in [0, 0.1) is 0 Å². The van der Waals surface area contributed by atoms with Crippen molar-refractivity contribution in [3.05, 3.63) is 53.5 Å². The van der Waals surface area contributed by atoms with Gasteiger partial charge in [0, 0.05) is 24.4 Å². The number of carbonyl (C=O) groups excluding carboxylic acids is 1. The summed E-state index contributed by atoms with van der Waals surface area (Å²) in [6.45, 7) is 1.80. The number of anilines is 2. The minimum atomic E-state index is -0.466. The summed E-state index contributed by atoms with van der Waals surface area (Å²) < 4.78 is 10.7. The summed E-state index contributed by atoms with van der Waals surface area (Å²) in [5.74, 6) is 0.120. The molecular formula is C19H18ClN5O3. The second-order valence-corrected chi connectivity index (χ2v) is 6.74. The molecule has 144 valence electrons. The number of pyridine rings is 1. The number of aromatic nitrogens is 2. The van der Waals surface area contributed by atoms with Gasteiger partial charge in [0.2, 0.25) is 5.88 Å². The molecule has 0 saturated carbocycles. The Hall–Kier alpha value is -3.10. The molecule has 0 radical (unpaired) electrons. The number of carbonyl (C=O) groups is 1. The minimum absolute atomic E-state index is 0.0727. The summed E-state index contributed by atoms with van der Waals surface area (Å²) in [5.41, 5.74) is 7.64. The lowest BCUT2D eigenvalue weighted by molar-refractivity contribution is 0.102. The van der Waals surface area contributed by atoms with Crippen LogP contribution in [0.4, 0.5) is 11.7 Å². The number of rotatable bonds is 5. The third kappa shape index (κ3) is 4.08. The number of nitrogens with zero attached hydrogens (tertiary/aromatic N) is 2. The average Bonchev–Trinajstić information content (AvgIpc) is 3.36. The first-order chi connectivity index (χ1) is 13.6. The van der Waals surface area contributed by atoms with Gasteiger partial charge in [-0.3, -0.25) is 4.79 Å². The van der Waals surface area contributed by atoms with Crippen LogP contribution < -0.4 is 21.1 Å². The molecule has 3 heterocycles. The maximum atomic E-state index is 12.3. The number of nitrogens with one attached hydrogen (secondary N) is 2. The first kappa shape index (κ1) is 18.3. The summed E-state index contributed by atoms with van der Waals surface area (Å²) in [6.07, 6.45) is 4.04. The van der Waals surface area contributed by atoms with E-state index < -0.39 is 5.91 Å². The van der Waals surface area contributed by atoms with Crippen molar-refractivity contribution in [3.63, 3.8) is 0 Å². The number of halogens is 1. The Morgan fingerprint density at radius 3 is 2.86 bits per heavy atom. The molecule has 3 aromatic rings. The van der Waals surface area contributed by atoms with E-state index >= 15 is 0 Å². The normalized spacial score (nSPS) is 16.1. The van der Waals surface area contributed by atoms with Gasteiger partial charge in [0.25, 0.3) is 11.9 Å². The van der Waals surface area contributed by atoms with E-state index in [0.29, 0.717) is 16.6 Å². The molecule has 1 aliphatic rings. The average molecular weight is 400 g/mol. The van der Waals surface area contributed by atoms with E-state index in [1.165, 1.54) is 6.26 Å².